The van der Waals surface area contributed by atoms with Crippen LogP contribution < -0.4 is 16.2 Å². The number of rotatable bonds is 11. The third-order valence-electron chi connectivity index (χ3n) is 5.94. The topological polar surface area (TPSA) is 162 Å². The first-order chi connectivity index (χ1) is 18.8. The Morgan fingerprint density at radius 3 is 2.65 bits per heavy atom. The number of aryl methyl sites for hydroxylation is 1. The van der Waals surface area contributed by atoms with Crippen LogP contribution in [0.1, 0.15) is 43.8 Å². The SMILES string of the molecule is Cc1cc(NC(=O)[C@H](CC/C=C/C(=O)N(C)C)NC(=O)O)c(=O)n(Cc2nc3c(F)cnc(CC(C)C)c3[nH]2)c1. The van der Waals surface area contributed by atoms with Crippen molar-refractivity contribution in [2.24, 2.45) is 5.92 Å². The number of allylic oxidation sites excluding steroid dienone is 1. The summed E-state index contributed by atoms with van der Waals surface area (Å²) in [6.07, 6.45) is 5.11. The van der Waals surface area contributed by atoms with Crippen molar-refractivity contribution in [3.63, 3.8) is 0 Å². The summed E-state index contributed by atoms with van der Waals surface area (Å²) in [5.41, 5.74) is 1.33. The molecule has 0 aliphatic heterocycles. The molecule has 13 heteroatoms. The Kier molecular flexibility index (Phi) is 9.75. The maximum atomic E-state index is 14.4. The van der Waals surface area contributed by atoms with E-state index in [9.17, 15) is 28.7 Å². The number of H-pyrrole nitrogens is 1. The molecule has 0 saturated carbocycles. The van der Waals surface area contributed by atoms with E-state index in [-0.39, 0.29) is 42.4 Å². The Labute approximate surface area is 230 Å². The minimum atomic E-state index is -1.40. The third-order valence-corrected chi connectivity index (χ3v) is 5.94. The van der Waals surface area contributed by atoms with Crippen molar-refractivity contribution in [3.8, 4) is 0 Å². The van der Waals surface area contributed by atoms with E-state index in [4.69, 9.17) is 0 Å². The highest BCUT2D eigenvalue weighted by molar-refractivity contribution is 5.96. The Morgan fingerprint density at radius 1 is 1.27 bits per heavy atom. The number of imidazole rings is 1. The molecule has 0 spiro atoms. The fraction of sp³-hybridized carbons (Fsp3) is 0.407. The van der Waals surface area contributed by atoms with Crippen LogP contribution in [0.2, 0.25) is 0 Å². The van der Waals surface area contributed by atoms with Crippen LogP contribution in [0.25, 0.3) is 11.0 Å². The Hall–Kier alpha value is -4.55. The minimum Gasteiger partial charge on any atom is -0.465 e. The van der Waals surface area contributed by atoms with Crippen LogP contribution in [0.3, 0.4) is 0 Å². The van der Waals surface area contributed by atoms with Gasteiger partial charge in [0.15, 0.2) is 5.82 Å². The van der Waals surface area contributed by atoms with Crippen molar-refractivity contribution in [2.45, 2.75) is 52.6 Å². The molecule has 0 aliphatic carbocycles. The lowest BCUT2D eigenvalue weighted by Gasteiger charge is -2.17. The number of amides is 3. The van der Waals surface area contributed by atoms with Crippen molar-refractivity contribution in [1.29, 1.82) is 0 Å². The molecule has 0 aromatic carbocycles. The van der Waals surface area contributed by atoms with Gasteiger partial charge in [-0.25, -0.2) is 14.2 Å². The lowest BCUT2D eigenvalue weighted by molar-refractivity contribution is -0.123. The van der Waals surface area contributed by atoms with Gasteiger partial charge in [0.25, 0.3) is 5.56 Å². The summed E-state index contributed by atoms with van der Waals surface area (Å²) in [5.74, 6) is -0.922. The first-order valence-corrected chi connectivity index (χ1v) is 12.8. The largest absolute Gasteiger partial charge is 0.465 e. The lowest BCUT2D eigenvalue weighted by atomic mass is 10.1. The van der Waals surface area contributed by atoms with Gasteiger partial charge in [-0.05, 0) is 49.8 Å². The van der Waals surface area contributed by atoms with Crippen LogP contribution in [-0.2, 0) is 22.6 Å². The highest BCUT2D eigenvalue weighted by Gasteiger charge is 2.22. The molecule has 3 rings (SSSR count). The third kappa shape index (κ3) is 7.74. The lowest BCUT2D eigenvalue weighted by Crippen LogP contribution is -2.44. The van der Waals surface area contributed by atoms with E-state index < -0.39 is 29.4 Å². The zero-order valence-electron chi connectivity index (χ0n) is 23.1. The van der Waals surface area contributed by atoms with Crippen molar-refractivity contribution in [2.75, 3.05) is 19.4 Å². The minimum absolute atomic E-state index is 0.0277. The maximum Gasteiger partial charge on any atom is 0.405 e. The molecule has 0 aliphatic rings. The van der Waals surface area contributed by atoms with Crippen LogP contribution in [0.5, 0.6) is 0 Å². The highest BCUT2D eigenvalue weighted by Crippen LogP contribution is 2.21. The van der Waals surface area contributed by atoms with Gasteiger partial charge in [0.05, 0.1) is 24.0 Å². The first kappa shape index (κ1) is 30.0. The molecule has 214 valence electrons. The van der Waals surface area contributed by atoms with E-state index in [1.807, 2.05) is 13.8 Å². The zero-order valence-corrected chi connectivity index (χ0v) is 23.1. The summed E-state index contributed by atoms with van der Waals surface area (Å²) in [4.78, 5) is 62.1. The van der Waals surface area contributed by atoms with Crippen LogP contribution >= 0.6 is 0 Å². The predicted octanol–water partition coefficient (Wildman–Crippen LogP) is 2.81. The van der Waals surface area contributed by atoms with Crippen molar-refractivity contribution in [1.82, 2.24) is 29.7 Å². The summed E-state index contributed by atoms with van der Waals surface area (Å²) in [6, 6.07) is 0.308. The molecular weight excluding hydrogens is 521 g/mol. The van der Waals surface area contributed by atoms with Gasteiger partial charge in [-0.2, -0.15) is 0 Å². The van der Waals surface area contributed by atoms with Gasteiger partial charge in [0, 0.05) is 20.3 Å². The molecule has 4 N–H and O–H groups in total. The van der Waals surface area contributed by atoms with Crippen molar-refractivity contribution in [3.05, 3.63) is 63.9 Å². The molecule has 12 nitrogen and oxygen atoms in total. The standard InChI is InChI=1S/C27H34FN7O5/c1-15(2)10-19-24-23(17(28)12-29-19)32-21(33-24)14-35-13-16(3)11-20(26(35)38)30-25(37)18(31-27(39)40)8-6-7-9-22(36)34(4)5/h7,9,11-13,15,18,31H,6,8,10,14H2,1-5H3,(H,30,37)(H,32,33)(H,39,40)/b9-7+/t18-/m0/s1. The number of carboxylic acid groups (broad SMARTS) is 1. The Morgan fingerprint density at radius 2 is 2.00 bits per heavy atom. The summed E-state index contributed by atoms with van der Waals surface area (Å²) in [7, 11) is 3.19. The first-order valence-electron chi connectivity index (χ1n) is 12.8. The monoisotopic (exact) mass is 555 g/mol. The second-order valence-electron chi connectivity index (χ2n) is 10.1. The number of nitrogens with one attached hydrogen (secondary N) is 3. The number of likely N-dealkylation sites (N-methyl/N-ethyl adjacent to an activating group) is 1. The number of carbonyl (C=O) groups excluding carboxylic acids is 2. The van der Waals surface area contributed by atoms with Crippen LogP contribution in [-0.4, -0.2) is 67.6 Å². The molecule has 0 unspecified atom stereocenters. The molecule has 3 amide bonds. The van der Waals surface area contributed by atoms with E-state index in [2.05, 4.69) is 25.6 Å². The smallest absolute Gasteiger partial charge is 0.405 e. The van der Waals surface area contributed by atoms with Crippen LogP contribution in [0.15, 0.2) is 35.4 Å². The normalized spacial score (nSPS) is 12.2. The van der Waals surface area contributed by atoms with Gasteiger partial charge in [-0.3, -0.25) is 19.4 Å². The number of anilines is 1. The summed E-state index contributed by atoms with van der Waals surface area (Å²) in [6.45, 7) is 5.75. The van der Waals surface area contributed by atoms with Crippen LogP contribution in [0, 0.1) is 18.7 Å². The number of hydrogen-bond donors (Lipinski definition) is 4. The average Bonchev–Trinajstić information content (AvgIpc) is 3.29. The molecule has 0 saturated heterocycles. The molecule has 0 bridgehead atoms. The number of nitrogens with zero attached hydrogens (tertiary/aromatic N) is 4. The molecule has 1 atom stereocenters. The average molecular weight is 556 g/mol. The zero-order chi connectivity index (χ0) is 29.6. The van der Waals surface area contributed by atoms with Gasteiger partial charge in [0.2, 0.25) is 11.8 Å². The second kappa shape index (κ2) is 13.0. The van der Waals surface area contributed by atoms with Crippen molar-refractivity contribution < 1.29 is 23.9 Å². The highest BCUT2D eigenvalue weighted by atomic mass is 19.1. The fourth-order valence-electron chi connectivity index (χ4n) is 4.07. The quantitative estimate of drug-likeness (QED) is 0.264. The van der Waals surface area contributed by atoms with Gasteiger partial charge >= 0.3 is 6.09 Å². The Balaban J connectivity index is 1.82. The van der Waals surface area contributed by atoms with Gasteiger partial charge in [0.1, 0.15) is 23.1 Å². The van der Waals surface area contributed by atoms with E-state index in [1.54, 1.807) is 33.3 Å². The van der Waals surface area contributed by atoms with Crippen molar-refractivity contribution >= 4 is 34.6 Å². The molecular formula is C27H34FN7O5. The number of pyridine rings is 2. The Bertz CT molecular complexity index is 1490. The van der Waals surface area contributed by atoms with Gasteiger partial charge < -0.3 is 30.2 Å². The number of aromatic amines is 1. The van der Waals surface area contributed by atoms with Gasteiger partial charge in [-0.1, -0.05) is 19.9 Å². The molecule has 0 fully saturated rings. The number of fused-ring (bicyclic) bond motifs is 1. The summed E-state index contributed by atoms with van der Waals surface area (Å²) < 4.78 is 15.8. The van der Waals surface area contributed by atoms with E-state index in [0.29, 0.717) is 29.0 Å². The number of aromatic nitrogens is 4. The number of carbonyl (C=O) groups is 3. The molecule has 0 radical (unpaired) electrons. The van der Waals surface area contributed by atoms with Gasteiger partial charge in [-0.15, -0.1) is 0 Å². The number of hydrogen-bond acceptors (Lipinski definition) is 6. The maximum absolute atomic E-state index is 14.4. The van der Waals surface area contributed by atoms with E-state index in [0.717, 1.165) is 6.20 Å². The molecule has 3 heterocycles. The summed E-state index contributed by atoms with van der Waals surface area (Å²) in [5, 5.41) is 13.9. The van der Waals surface area contributed by atoms with E-state index >= 15 is 0 Å². The molecule has 3 aromatic rings. The summed E-state index contributed by atoms with van der Waals surface area (Å²) >= 11 is 0. The molecule has 40 heavy (non-hydrogen) atoms. The van der Waals surface area contributed by atoms with E-state index in [1.165, 1.54) is 21.6 Å². The fourth-order valence-corrected chi connectivity index (χ4v) is 4.07. The second-order valence-corrected chi connectivity index (χ2v) is 10.1. The molecule has 3 aromatic heterocycles. The van der Waals surface area contributed by atoms with Crippen LogP contribution in [0.4, 0.5) is 14.9 Å². The number of halogens is 1. The predicted molar refractivity (Wildman–Crippen MR) is 148 cm³/mol.